The molecule has 0 fully saturated rings. The third-order valence-electron chi connectivity index (χ3n) is 3.51. The molecule has 0 aliphatic rings. The first-order valence-electron chi connectivity index (χ1n) is 7.40. The molecular weight excluding hydrogens is 284 g/mol. The first-order valence-corrected chi connectivity index (χ1v) is 7.40. The van der Waals surface area contributed by atoms with Crippen LogP contribution in [-0.4, -0.2) is 11.6 Å². The number of benzene rings is 2. The third kappa shape index (κ3) is 3.56. The lowest BCUT2D eigenvalue weighted by Crippen LogP contribution is -1.95. The van der Waals surface area contributed by atoms with Crippen molar-refractivity contribution in [3.8, 4) is 11.8 Å². The summed E-state index contributed by atoms with van der Waals surface area (Å²) in [4.78, 5) is 4.64. The molecule has 0 aliphatic heterocycles. The average molecular weight is 300 g/mol. The third-order valence-corrected chi connectivity index (χ3v) is 3.51. The van der Waals surface area contributed by atoms with Crippen molar-refractivity contribution in [1.82, 2.24) is 4.98 Å². The van der Waals surface area contributed by atoms with E-state index in [-0.39, 0.29) is 6.61 Å². The number of hydrogen-bond donors (Lipinski definition) is 0. The van der Waals surface area contributed by atoms with Crippen LogP contribution in [0, 0.1) is 18.3 Å². The minimum atomic E-state index is 0.0401. The maximum Gasteiger partial charge on any atom is 0.174 e. The molecular formula is C20H16N2O. The van der Waals surface area contributed by atoms with Crippen molar-refractivity contribution in [3.63, 3.8) is 0 Å². The van der Waals surface area contributed by atoms with Crippen LogP contribution < -0.4 is 4.74 Å². The molecule has 0 spiro atoms. The smallest absolute Gasteiger partial charge is 0.174 e. The number of nitrogens with zero attached hydrogens (tertiary/aromatic N) is 2. The van der Waals surface area contributed by atoms with Gasteiger partial charge in [0, 0.05) is 10.9 Å². The van der Waals surface area contributed by atoms with Gasteiger partial charge in [0.15, 0.2) is 6.61 Å². The van der Waals surface area contributed by atoms with Gasteiger partial charge in [0.2, 0.25) is 0 Å². The standard InChI is InChI=1S/C20H16N2O/c1-15-6-11-19-17(14-15)8-10-18(22-19)9-7-16-4-2-3-5-20(16)23-13-12-21/h2-11,14H,13H2,1H3/b9-7+. The van der Waals surface area contributed by atoms with Crippen molar-refractivity contribution < 1.29 is 4.74 Å². The van der Waals surface area contributed by atoms with Crippen LogP contribution in [0.15, 0.2) is 54.6 Å². The Bertz CT molecular complexity index is 907. The van der Waals surface area contributed by atoms with Gasteiger partial charge in [-0.25, -0.2) is 4.98 Å². The molecule has 23 heavy (non-hydrogen) atoms. The van der Waals surface area contributed by atoms with E-state index in [1.54, 1.807) is 0 Å². The largest absolute Gasteiger partial charge is 0.478 e. The molecule has 1 heterocycles. The maximum absolute atomic E-state index is 8.64. The lowest BCUT2D eigenvalue weighted by atomic mass is 10.1. The molecule has 3 rings (SSSR count). The summed E-state index contributed by atoms with van der Waals surface area (Å²) in [5.41, 5.74) is 4.02. The number of rotatable bonds is 4. The summed E-state index contributed by atoms with van der Waals surface area (Å²) in [7, 11) is 0. The average Bonchev–Trinajstić information content (AvgIpc) is 2.58. The first-order chi connectivity index (χ1) is 11.3. The Morgan fingerprint density at radius 2 is 1.96 bits per heavy atom. The van der Waals surface area contributed by atoms with E-state index in [1.807, 2.05) is 54.6 Å². The fraction of sp³-hybridized carbons (Fsp3) is 0.100. The molecule has 0 unspecified atom stereocenters. The molecule has 0 saturated carbocycles. The van der Waals surface area contributed by atoms with E-state index in [9.17, 15) is 0 Å². The molecule has 0 aliphatic carbocycles. The van der Waals surface area contributed by atoms with Crippen LogP contribution in [0.4, 0.5) is 0 Å². The Labute approximate surface area is 135 Å². The van der Waals surface area contributed by atoms with E-state index in [1.165, 1.54) is 5.56 Å². The Morgan fingerprint density at radius 3 is 2.83 bits per heavy atom. The van der Waals surface area contributed by atoms with E-state index in [0.717, 1.165) is 22.2 Å². The number of fused-ring (bicyclic) bond motifs is 1. The van der Waals surface area contributed by atoms with Gasteiger partial charge in [-0.1, -0.05) is 35.9 Å². The molecule has 1 aromatic heterocycles. The number of pyridine rings is 1. The van der Waals surface area contributed by atoms with Crippen molar-refractivity contribution >= 4 is 23.1 Å². The van der Waals surface area contributed by atoms with Crippen LogP contribution in [0.3, 0.4) is 0 Å². The molecule has 3 aromatic rings. The summed E-state index contributed by atoms with van der Waals surface area (Å²) in [6, 6.07) is 19.9. The van der Waals surface area contributed by atoms with Crippen LogP contribution in [0.1, 0.15) is 16.8 Å². The van der Waals surface area contributed by atoms with E-state index in [4.69, 9.17) is 10.00 Å². The van der Waals surface area contributed by atoms with E-state index >= 15 is 0 Å². The Balaban J connectivity index is 1.88. The summed E-state index contributed by atoms with van der Waals surface area (Å²) < 4.78 is 5.43. The Hall–Kier alpha value is -3.12. The highest BCUT2D eigenvalue weighted by atomic mass is 16.5. The zero-order chi connectivity index (χ0) is 16.1. The molecule has 0 N–H and O–H groups in total. The van der Waals surface area contributed by atoms with Crippen LogP contribution in [0.25, 0.3) is 23.1 Å². The zero-order valence-electron chi connectivity index (χ0n) is 12.9. The number of para-hydroxylation sites is 1. The normalized spacial score (nSPS) is 10.8. The second-order valence-corrected chi connectivity index (χ2v) is 5.25. The molecule has 0 amide bonds. The minimum absolute atomic E-state index is 0.0401. The second kappa shape index (κ2) is 6.76. The monoisotopic (exact) mass is 300 g/mol. The van der Waals surface area contributed by atoms with Crippen molar-refractivity contribution in [2.75, 3.05) is 6.61 Å². The van der Waals surface area contributed by atoms with Gasteiger partial charge in [0.05, 0.1) is 11.2 Å². The van der Waals surface area contributed by atoms with Gasteiger partial charge in [-0.3, -0.25) is 0 Å². The molecule has 112 valence electrons. The number of nitriles is 1. The summed E-state index contributed by atoms with van der Waals surface area (Å²) >= 11 is 0. The number of hydrogen-bond acceptors (Lipinski definition) is 3. The SMILES string of the molecule is Cc1ccc2nc(/C=C/c3ccccc3OCC#N)ccc2c1. The lowest BCUT2D eigenvalue weighted by Gasteiger charge is -2.05. The van der Waals surface area contributed by atoms with Gasteiger partial charge in [-0.05, 0) is 43.3 Å². The number of aromatic nitrogens is 1. The van der Waals surface area contributed by atoms with Crippen LogP contribution >= 0.6 is 0 Å². The van der Waals surface area contributed by atoms with Gasteiger partial charge in [0.25, 0.3) is 0 Å². The van der Waals surface area contributed by atoms with Crippen molar-refractivity contribution in [1.29, 1.82) is 5.26 Å². The fourth-order valence-electron chi connectivity index (χ4n) is 2.39. The molecule has 3 heteroatoms. The van der Waals surface area contributed by atoms with Crippen LogP contribution in [0.5, 0.6) is 5.75 Å². The fourth-order valence-corrected chi connectivity index (χ4v) is 2.39. The molecule has 0 saturated heterocycles. The first kappa shape index (κ1) is 14.8. The highest BCUT2D eigenvalue weighted by molar-refractivity contribution is 5.81. The minimum Gasteiger partial charge on any atom is -0.478 e. The van der Waals surface area contributed by atoms with Crippen LogP contribution in [0.2, 0.25) is 0 Å². The highest BCUT2D eigenvalue weighted by Crippen LogP contribution is 2.21. The predicted molar refractivity (Wildman–Crippen MR) is 93.0 cm³/mol. The molecule has 2 aromatic carbocycles. The van der Waals surface area contributed by atoms with E-state index < -0.39 is 0 Å². The summed E-state index contributed by atoms with van der Waals surface area (Å²) in [5, 5.41) is 9.78. The Kier molecular flexibility index (Phi) is 4.35. The Morgan fingerprint density at radius 1 is 1.09 bits per heavy atom. The topological polar surface area (TPSA) is 45.9 Å². The number of ether oxygens (including phenoxy) is 1. The second-order valence-electron chi connectivity index (χ2n) is 5.25. The van der Waals surface area contributed by atoms with Gasteiger partial charge in [-0.15, -0.1) is 0 Å². The van der Waals surface area contributed by atoms with Gasteiger partial charge < -0.3 is 4.74 Å². The molecule has 0 radical (unpaired) electrons. The number of aryl methyl sites for hydroxylation is 1. The molecule has 0 atom stereocenters. The predicted octanol–water partition coefficient (Wildman–Crippen LogP) is 4.62. The van der Waals surface area contributed by atoms with Crippen molar-refractivity contribution in [2.45, 2.75) is 6.92 Å². The van der Waals surface area contributed by atoms with Gasteiger partial charge in [-0.2, -0.15) is 5.26 Å². The summed E-state index contributed by atoms with van der Waals surface area (Å²) in [6.45, 7) is 2.11. The quantitative estimate of drug-likeness (QED) is 0.706. The van der Waals surface area contributed by atoms with E-state index in [2.05, 4.69) is 30.1 Å². The molecule has 3 nitrogen and oxygen atoms in total. The van der Waals surface area contributed by atoms with Crippen molar-refractivity contribution in [2.24, 2.45) is 0 Å². The van der Waals surface area contributed by atoms with Crippen LogP contribution in [-0.2, 0) is 0 Å². The molecule has 0 bridgehead atoms. The highest BCUT2D eigenvalue weighted by Gasteiger charge is 2.00. The lowest BCUT2D eigenvalue weighted by molar-refractivity contribution is 0.367. The maximum atomic E-state index is 8.64. The van der Waals surface area contributed by atoms with Gasteiger partial charge >= 0.3 is 0 Å². The zero-order valence-corrected chi connectivity index (χ0v) is 12.9. The summed E-state index contributed by atoms with van der Waals surface area (Å²) in [6.07, 6.45) is 3.91. The van der Waals surface area contributed by atoms with Crippen molar-refractivity contribution in [3.05, 3.63) is 71.4 Å². The van der Waals surface area contributed by atoms with E-state index in [0.29, 0.717) is 5.75 Å². The summed E-state index contributed by atoms with van der Waals surface area (Å²) in [5.74, 6) is 0.696. The van der Waals surface area contributed by atoms with Gasteiger partial charge in [0.1, 0.15) is 11.8 Å².